The van der Waals surface area contributed by atoms with Crippen LogP contribution in [-0.4, -0.2) is 11.1 Å². The minimum atomic E-state index is 0.307. The molecule has 0 spiro atoms. The van der Waals surface area contributed by atoms with Crippen LogP contribution in [0.5, 0.6) is 0 Å². The predicted octanol–water partition coefficient (Wildman–Crippen LogP) is 4.91. The van der Waals surface area contributed by atoms with E-state index < -0.39 is 0 Å². The summed E-state index contributed by atoms with van der Waals surface area (Å²) in [7, 11) is 0. The third-order valence-corrected chi connectivity index (χ3v) is 5.01. The van der Waals surface area contributed by atoms with Crippen molar-refractivity contribution in [3.8, 4) is 0 Å². The van der Waals surface area contributed by atoms with Crippen LogP contribution < -0.4 is 5.73 Å². The quantitative estimate of drug-likeness (QED) is 0.709. The maximum Gasteiger partial charge on any atom is 0.0485 e. The van der Waals surface area contributed by atoms with Crippen molar-refractivity contribution in [3.05, 3.63) is 70.4 Å². The van der Waals surface area contributed by atoms with Gasteiger partial charge in [0.25, 0.3) is 0 Å². The molecule has 2 N–H and O–H groups in total. The molecule has 23 heavy (non-hydrogen) atoms. The Labute approximate surface area is 142 Å². The molecule has 3 heteroatoms. The summed E-state index contributed by atoms with van der Waals surface area (Å²) in [4.78, 5) is 0. The number of fused-ring (bicyclic) bond motifs is 1. The molecule has 0 saturated heterocycles. The molecule has 1 unspecified atom stereocenters. The normalized spacial score (nSPS) is 12.7. The topological polar surface area (TPSA) is 30.9 Å². The van der Waals surface area contributed by atoms with Gasteiger partial charge in [-0.1, -0.05) is 41.9 Å². The summed E-state index contributed by atoms with van der Waals surface area (Å²) in [6, 6.07) is 16.7. The van der Waals surface area contributed by atoms with Crippen LogP contribution in [0, 0.1) is 6.92 Å². The Morgan fingerprint density at radius 2 is 1.78 bits per heavy atom. The summed E-state index contributed by atoms with van der Waals surface area (Å²) in [6.07, 6.45) is 0.956. The summed E-state index contributed by atoms with van der Waals surface area (Å²) in [5.74, 6) is 0.307. The number of nitrogens with zero attached hydrogens (tertiary/aromatic N) is 1. The van der Waals surface area contributed by atoms with E-state index in [1.807, 2.05) is 12.1 Å². The first-order valence-electron chi connectivity index (χ1n) is 8.18. The first-order valence-corrected chi connectivity index (χ1v) is 8.55. The number of benzene rings is 2. The number of hydrogen-bond donors (Lipinski definition) is 1. The van der Waals surface area contributed by atoms with Gasteiger partial charge in [-0.05, 0) is 56.1 Å². The van der Waals surface area contributed by atoms with E-state index in [0.29, 0.717) is 12.5 Å². The van der Waals surface area contributed by atoms with Gasteiger partial charge in [0.05, 0.1) is 0 Å². The van der Waals surface area contributed by atoms with Crippen molar-refractivity contribution in [1.29, 1.82) is 0 Å². The lowest BCUT2D eigenvalue weighted by Gasteiger charge is -2.16. The average molecular weight is 327 g/mol. The van der Waals surface area contributed by atoms with E-state index in [4.69, 9.17) is 17.3 Å². The van der Waals surface area contributed by atoms with Crippen molar-refractivity contribution < 1.29 is 0 Å². The molecule has 0 fully saturated rings. The Bertz CT molecular complexity index is 802. The fourth-order valence-electron chi connectivity index (χ4n) is 3.49. The molecule has 0 saturated carbocycles. The lowest BCUT2D eigenvalue weighted by Crippen LogP contribution is -2.15. The van der Waals surface area contributed by atoms with Gasteiger partial charge in [0.1, 0.15) is 0 Å². The highest BCUT2D eigenvalue weighted by atomic mass is 35.5. The third kappa shape index (κ3) is 3.01. The molecule has 0 radical (unpaired) electrons. The Morgan fingerprint density at radius 1 is 1.09 bits per heavy atom. The number of nitrogens with two attached hydrogens (primary N) is 1. The minimum Gasteiger partial charge on any atom is -0.345 e. The van der Waals surface area contributed by atoms with E-state index in [1.54, 1.807) is 0 Å². The molecule has 2 nitrogen and oxygen atoms in total. The molecule has 1 heterocycles. The fourth-order valence-corrected chi connectivity index (χ4v) is 3.61. The van der Waals surface area contributed by atoms with E-state index in [0.717, 1.165) is 18.0 Å². The van der Waals surface area contributed by atoms with Gasteiger partial charge in [-0.2, -0.15) is 0 Å². The van der Waals surface area contributed by atoms with Crippen LogP contribution in [-0.2, 0) is 13.0 Å². The molecule has 3 rings (SSSR count). The van der Waals surface area contributed by atoms with Gasteiger partial charge in [0.2, 0.25) is 0 Å². The van der Waals surface area contributed by atoms with Gasteiger partial charge < -0.3 is 10.3 Å². The maximum absolute atomic E-state index is 6.08. The van der Waals surface area contributed by atoms with Gasteiger partial charge in [-0.25, -0.2) is 0 Å². The van der Waals surface area contributed by atoms with Crippen LogP contribution in [0.1, 0.15) is 29.7 Å². The molecule has 1 atom stereocenters. The van der Waals surface area contributed by atoms with E-state index in [2.05, 4.69) is 54.8 Å². The summed E-state index contributed by atoms with van der Waals surface area (Å²) < 4.78 is 2.39. The van der Waals surface area contributed by atoms with Crippen LogP contribution in [0.2, 0.25) is 5.02 Å². The molecule has 3 aromatic rings. The van der Waals surface area contributed by atoms with Crippen LogP contribution in [0.3, 0.4) is 0 Å². The summed E-state index contributed by atoms with van der Waals surface area (Å²) in [5, 5.41) is 2.11. The number of aromatic nitrogens is 1. The Balaban J connectivity index is 2.03. The first kappa shape index (κ1) is 16.1. The van der Waals surface area contributed by atoms with Crippen LogP contribution in [0.15, 0.2) is 48.5 Å². The molecule has 0 amide bonds. The number of hydrogen-bond acceptors (Lipinski definition) is 1. The maximum atomic E-state index is 6.08. The molecular weight excluding hydrogens is 304 g/mol. The zero-order valence-electron chi connectivity index (χ0n) is 13.7. The van der Waals surface area contributed by atoms with Crippen molar-refractivity contribution in [2.24, 2.45) is 5.73 Å². The minimum absolute atomic E-state index is 0.307. The first-order chi connectivity index (χ1) is 11.2. The molecule has 1 aromatic heterocycles. The molecule has 0 bridgehead atoms. The van der Waals surface area contributed by atoms with Crippen molar-refractivity contribution >= 4 is 22.5 Å². The van der Waals surface area contributed by atoms with Crippen molar-refractivity contribution in [1.82, 2.24) is 4.57 Å². The van der Waals surface area contributed by atoms with Crippen LogP contribution in [0.4, 0.5) is 0 Å². The van der Waals surface area contributed by atoms with Crippen LogP contribution >= 0.6 is 11.6 Å². The largest absolute Gasteiger partial charge is 0.345 e. The molecule has 120 valence electrons. The van der Waals surface area contributed by atoms with E-state index in [9.17, 15) is 0 Å². The molecular formula is C20H23ClN2. The summed E-state index contributed by atoms with van der Waals surface area (Å²) in [6.45, 7) is 6.03. The third-order valence-electron chi connectivity index (χ3n) is 4.75. The van der Waals surface area contributed by atoms with Crippen molar-refractivity contribution in [2.75, 3.05) is 6.54 Å². The lowest BCUT2D eigenvalue weighted by molar-refractivity contribution is 0.685. The van der Waals surface area contributed by atoms with E-state index in [-0.39, 0.29) is 0 Å². The second-order valence-electron chi connectivity index (χ2n) is 6.01. The Morgan fingerprint density at radius 3 is 2.43 bits per heavy atom. The lowest BCUT2D eigenvalue weighted by atomic mass is 9.91. The van der Waals surface area contributed by atoms with Crippen molar-refractivity contribution in [3.63, 3.8) is 0 Å². The highest BCUT2D eigenvalue weighted by Crippen LogP contribution is 2.31. The van der Waals surface area contributed by atoms with Gasteiger partial charge >= 0.3 is 0 Å². The van der Waals surface area contributed by atoms with Gasteiger partial charge in [-0.15, -0.1) is 0 Å². The van der Waals surface area contributed by atoms with Crippen molar-refractivity contribution in [2.45, 2.75) is 32.7 Å². The summed E-state index contributed by atoms with van der Waals surface area (Å²) >= 11 is 6.01. The number of aryl methyl sites for hydroxylation is 1. The highest BCUT2D eigenvalue weighted by molar-refractivity contribution is 6.30. The number of para-hydroxylation sites is 1. The average Bonchev–Trinajstić information content (AvgIpc) is 2.85. The second kappa shape index (κ2) is 6.77. The molecule has 0 aliphatic heterocycles. The van der Waals surface area contributed by atoms with Gasteiger partial charge in [0.15, 0.2) is 0 Å². The second-order valence-corrected chi connectivity index (χ2v) is 6.45. The van der Waals surface area contributed by atoms with Gasteiger partial charge in [-0.3, -0.25) is 0 Å². The zero-order valence-corrected chi connectivity index (χ0v) is 14.5. The van der Waals surface area contributed by atoms with Crippen LogP contribution in [0.25, 0.3) is 10.9 Å². The standard InChI is InChI=1S/C20H23ClN2/c1-3-23-14(2)19(18-6-4-5-7-20(18)23)12-16(13-22)15-8-10-17(21)11-9-15/h4-11,16H,3,12-13,22H2,1-2H3. The SMILES string of the molecule is CCn1c(C)c(CC(CN)c2ccc(Cl)cc2)c2ccccc21. The number of halogens is 1. The predicted molar refractivity (Wildman–Crippen MR) is 99.3 cm³/mol. The number of rotatable bonds is 5. The smallest absolute Gasteiger partial charge is 0.0485 e. The molecule has 2 aromatic carbocycles. The summed E-state index contributed by atoms with van der Waals surface area (Å²) in [5.41, 5.74) is 11.4. The fraction of sp³-hybridized carbons (Fsp3) is 0.300. The highest BCUT2D eigenvalue weighted by Gasteiger charge is 2.18. The van der Waals surface area contributed by atoms with E-state index in [1.165, 1.54) is 27.7 Å². The Hall–Kier alpha value is -1.77. The van der Waals surface area contributed by atoms with E-state index >= 15 is 0 Å². The zero-order chi connectivity index (χ0) is 16.4. The molecule has 0 aliphatic carbocycles. The Kier molecular flexibility index (Phi) is 4.74. The monoisotopic (exact) mass is 326 g/mol. The molecule has 0 aliphatic rings. The van der Waals surface area contributed by atoms with Gasteiger partial charge in [0, 0.05) is 34.1 Å².